The van der Waals surface area contributed by atoms with Gasteiger partial charge in [-0.1, -0.05) is 13.3 Å². The fourth-order valence-electron chi connectivity index (χ4n) is 0.657. The van der Waals surface area contributed by atoms with Crippen LogP contribution in [0.15, 0.2) is 0 Å². The molecule has 0 radical (unpaired) electrons. The molecule has 0 heterocycles. The summed E-state index contributed by atoms with van der Waals surface area (Å²) in [5, 5.41) is 0. The van der Waals surface area contributed by atoms with Gasteiger partial charge in [0.05, 0.1) is 6.61 Å². The number of amides is 1. The van der Waals surface area contributed by atoms with Crippen LogP contribution in [0.25, 0.3) is 0 Å². The largest absolute Gasteiger partial charge is 0.463 e. The number of carbonyl (C=O) groups is 2. The zero-order chi connectivity index (χ0) is 10.3. The molecule has 0 rings (SSSR count). The summed E-state index contributed by atoms with van der Waals surface area (Å²) in [6.45, 7) is 3.75. The highest BCUT2D eigenvalue weighted by Gasteiger charge is 2.16. The molecular weight excluding hydrogens is 174 g/mol. The Hall–Kier alpha value is -1.26. The second-order valence-corrected chi connectivity index (χ2v) is 2.60. The van der Waals surface area contributed by atoms with Crippen LogP contribution in [-0.2, 0) is 14.3 Å². The lowest BCUT2D eigenvalue weighted by Gasteiger charge is -2.10. The van der Waals surface area contributed by atoms with E-state index in [1.807, 2.05) is 6.92 Å². The maximum Gasteiger partial charge on any atom is 0.405 e. The number of nitrogens with two attached hydrogens (primary N) is 1. The van der Waals surface area contributed by atoms with Gasteiger partial charge in [-0.3, -0.25) is 0 Å². The first-order valence-electron chi connectivity index (χ1n) is 4.20. The van der Waals surface area contributed by atoms with Crippen LogP contribution >= 0.6 is 0 Å². The third-order valence-corrected chi connectivity index (χ3v) is 1.37. The molecule has 0 aliphatic carbocycles. The quantitative estimate of drug-likeness (QED) is 0.512. The molecule has 0 aromatic rings. The molecule has 0 aromatic carbocycles. The molecule has 1 amide bonds. The Labute approximate surface area is 77.2 Å². The first-order valence-corrected chi connectivity index (χ1v) is 4.20. The van der Waals surface area contributed by atoms with Gasteiger partial charge < -0.3 is 15.2 Å². The molecular formula is C8H15NO4. The van der Waals surface area contributed by atoms with Crippen LogP contribution in [0.3, 0.4) is 0 Å². The average molecular weight is 189 g/mol. The van der Waals surface area contributed by atoms with Crippen molar-refractivity contribution in [2.75, 3.05) is 6.61 Å². The molecule has 0 saturated heterocycles. The van der Waals surface area contributed by atoms with E-state index in [0.717, 1.165) is 12.8 Å². The molecule has 1 unspecified atom stereocenters. The van der Waals surface area contributed by atoms with Crippen molar-refractivity contribution < 1.29 is 19.1 Å². The Balaban J connectivity index is 3.63. The Morgan fingerprint density at radius 1 is 1.46 bits per heavy atom. The number of rotatable bonds is 5. The molecule has 0 saturated carbocycles. The zero-order valence-corrected chi connectivity index (χ0v) is 7.91. The monoisotopic (exact) mass is 189 g/mol. The lowest BCUT2D eigenvalue weighted by atomic mass is 10.3. The molecule has 0 bridgehead atoms. The summed E-state index contributed by atoms with van der Waals surface area (Å²) in [5.74, 6) is -0.563. The number of unbranched alkanes of at least 4 members (excludes halogenated alkanes) is 1. The number of ether oxygens (including phenoxy) is 2. The lowest BCUT2D eigenvalue weighted by Crippen LogP contribution is -2.29. The molecule has 0 aliphatic rings. The van der Waals surface area contributed by atoms with Crippen LogP contribution in [-0.4, -0.2) is 24.8 Å². The predicted octanol–water partition coefficient (Wildman–Crippen LogP) is 0.814. The molecule has 5 nitrogen and oxygen atoms in total. The van der Waals surface area contributed by atoms with Gasteiger partial charge in [0.25, 0.3) is 0 Å². The van der Waals surface area contributed by atoms with E-state index in [-0.39, 0.29) is 0 Å². The Kier molecular flexibility index (Phi) is 5.67. The third kappa shape index (κ3) is 5.95. The maximum atomic E-state index is 11.0. The first-order chi connectivity index (χ1) is 6.07. The van der Waals surface area contributed by atoms with Crippen molar-refractivity contribution in [2.45, 2.75) is 32.8 Å². The first kappa shape index (κ1) is 11.7. The van der Waals surface area contributed by atoms with Gasteiger partial charge in [-0.25, -0.2) is 9.59 Å². The highest BCUT2D eigenvalue weighted by Crippen LogP contribution is 1.96. The minimum atomic E-state index is -0.972. The van der Waals surface area contributed by atoms with Crippen LogP contribution in [0.2, 0.25) is 0 Å². The van der Waals surface area contributed by atoms with Gasteiger partial charge in [-0.05, 0) is 13.3 Å². The van der Waals surface area contributed by atoms with E-state index in [4.69, 9.17) is 10.5 Å². The number of hydrogen-bond acceptors (Lipinski definition) is 4. The minimum Gasteiger partial charge on any atom is -0.463 e. The molecule has 76 valence electrons. The van der Waals surface area contributed by atoms with Crippen molar-refractivity contribution in [1.82, 2.24) is 0 Å². The normalized spacial score (nSPS) is 11.8. The van der Waals surface area contributed by atoms with Crippen LogP contribution in [0.4, 0.5) is 4.79 Å². The predicted molar refractivity (Wildman–Crippen MR) is 46.0 cm³/mol. The van der Waals surface area contributed by atoms with Gasteiger partial charge in [-0.15, -0.1) is 0 Å². The molecule has 1 atom stereocenters. The van der Waals surface area contributed by atoms with Crippen molar-refractivity contribution in [3.8, 4) is 0 Å². The van der Waals surface area contributed by atoms with Gasteiger partial charge >= 0.3 is 12.1 Å². The summed E-state index contributed by atoms with van der Waals surface area (Å²) in [6.07, 6.45) is -0.151. The van der Waals surface area contributed by atoms with E-state index >= 15 is 0 Å². The van der Waals surface area contributed by atoms with Crippen LogP contribution in [0.1, 0.15) is 26.7 Å². The lowest BCUT2D eigenvalue weighted by molar-refractivity contribution is -0.152. The summed E-state index contributed by atoms with van der Waals surface area (Å²) in [4.78, 5) is 21.2. The Bertz CT molecular complexity index is 181. The van der Waals surface area contributed by atoms with Gasteiger partial charge in [-0.2, -0.15) is 0 Å². The minimum absolute atomic E-state index is 0.349. The SMILES string of the molecule is CCCCOC(=O)C(C)OC(N)=O. The Morgan fingerprint density at radius 2 is 2.08 bits per heavy atom. The average Bonchev–Trinajstić information content (AvgIpc) is 2.03. The third-order valence-electron chi connectivity index (χ3n) is 1.37. The van der Waals surface area contributed by atoms with Crippen molar-refractivity contribution in [3.63, 3.8) is 0 Å². The second-order valence-electron chi connectivity index (χ2n) is 2.60. The molecule has 0 spiro atoms. The molecule has 0 aliphatic heterocycles. The van der Waals surface area contributed by atoms with Crippen LogP contribution < -0.4 is 5.73 Å². The van der Waals surface area contributed by atoms with Crippen molar-refractivity contribution in [2.24, 2.45) is 5.73 Å². The number of esters is 1. The van der Waals surface area contributed by atoms with Gasteiger partial charge in [0, 0.05) is 0 Å². The highest BCUT2D eigenvalue weighted by atomic mass is 16.6. The fraction of sp³-hybridized carbons (Fsp3) is 0.750. The molecule has 13 heavy (non-hydrogen) atoms. The highest BCUT2D eigenvalue weighted by molar-refractivity contribution is 5.77. The van der Waals surface area contributed by atoms with Gasteiger partial charge in [0.15, 0.2) is 6.10 Å². The van der Waals surface area contributed by atoms with Crippen LogP contribution in [0.5, 0.6) is 0 Å². The summed E-state index contributed by atoms with van der Waals surface area (Å²) >= 11 is 0. The van der Waals surface area contributed by atoms with Gasteiger partial charge in [0.1, 0.15) is 0 Å². The van der Waals surface area contributed by atoms with E-state index < -0.39 is 18.2 Å². The topological polar surface area (TPSA) is 78.6 Å². The molecule has 0 aromatic heterocycles. The van der Waals surface area contributed by atoms with Crippen molar-refractivity contribution >= 4 is 12.1 Å². The Morgan fingerprint density at radius 3 is 2.54 bits per heavy atom. The van der Waals surface area contributed by atoms with Gasteiger partial charge in [0.2, 0.25) is 0 Å². The summed E-state index contributed by atoms with van der Waals surface area (Å²) in [6, 6.07) is 0. The second kappa shape index (κ2) is 6.28. The summed E-state index contributed by atoms with van der Waals surface area (Å²) in [7, 11) is 0. The van der Waals surface area contributed by atoms with E-state index in [1.165, 1.54) is 6.92 Å². The van der Waals surface area contributed by atoms with Crippen molar-refractivity contribution in [1.29, 1.82) is 0 Å². The molecule has 5 heteroatoms. The van der Waals surface area contributed by atoms with E-state index in [0.29, 0.717) is 6.61 Å². The number of carbonyl (C=O) groups excluding carboxylic acids is 2. The number of primary amides is 1. The fourth-order valence-corrected chi connectivity index (χ4v) is 0.657. The summed E-state index contributed by atoms with van der Waals surface area (Å²) < 4.78 is 9.18. The smallest absolute Gasteiger partial charge is 0.405 e. The number of hydrogen-bond donors (Lipinski definition) is 1. The van der Waals surface area contributed by atoms with E-state index in [9.17, 15) is 9.59 Å². The zero-order valence-electron chi connectivity index (χ0n) is 7.91. The maximum absolute atomic E-state index is 11.0. The molecule has 2 N–H and O–H groups in total. The molecule has 0 fully saturated rings. The standard InChI is InChI=1S/C8H15NO4/c1-3-4-5-12-7(10)6(2)13-8(9)11/h6H,3-5H2,1-2H3,(H2,9,11). The summed E-state index contributed by atoms with van der Waals surface area (Å²) in [5.41, 5.74) is 4.72. The van der Waals surface area contributed by atoms with E-state index in [2.05, 4.69) is 4.74 Å². The van der Waals surface area contributed by atoms with Crippen LogP contribution in [0, 0.1) is 0 Å². The van der Waals surface area contributed by atoms with Crippen molar-refractivity contribution in [3.05, 3.63) is 0 Å². The van der Waals surface area contributed by atoms with E-state index in [1.54, 1.807) is 0 Å².